The molecule has 0 spiro atoms. The Bertz CT molecular complexity index is 1390. The smallest absolute Gasteiger partial charge is 0.229 e. The number of hydrogen-bond donors (Lipinski definition) is 10. The number of aromatic nitrogens is 1. The van der Waals surface area contributed by atoms with Crippen LogP contribution in [0.2, 0.25) is 0 Å². The van der Waals surface area contributed by atoms with E-state index in [1.54, 1.807) is 18.2 Å². The van der Waals surface area contributed by atoms with Crippen molar-refractivity contribution < 1.29 is 64.6 Å². The molecule has 2 aliphatic rings. The van der Waals surface area contributed by atoms with Gasteiger partial charge in [-0.15, -0.1) is 0 Å². The fourth-order valence-electron chi connectivity index (χ4n) is 6.56. The molecule has 15 nitrogen and oxygen atoms in total. The highest BCUT2D eigenvalue weighted by atomic mass is 16.7. The Hall–Kier alpha value is -2.67. The third kappa shape index (κ3) is 13.0. The van der Waals surface area contributed by atoms with Crippen LogP contribution in [0.3, 0.4) is 0 Å². The highest BCUT2D eigenvalue weighted by Crippen LogP contribution is 2.29. The van der Waals surface area contributed by atoms with Gasteiger partial charge >= 0.3 is 0 Å². The summed E-state index contributed by atoms with van der Waals surface area (Å²) < 4.78 is 22.5. The number of allylic oxidation sites excluding steroid dienone is 2. The van der Waals surface area contributed by atoms with Crippen LogP contribution in [-0.2, 0) is 25.4 Å². The summed E-state index contributed by atoms with van der Waals surface area (Å²) in [7, 11) is 0. The minimum absolute atomic E-state index is 0.0154. The van der Waals surface area contributed by atoms with Gasteiger partial charge in [0.1, 0.15) is 54.6 Å². The molecule has 1 unspecified atom stereocenters. The lowest BCUT2D eigenvalue weighted by Gasteiger charge is -2.42. The van der Waals surface area contributed by atoms with Crippen LogP contribution in [0, 0.1) is 0 Å². The molecule has 1 aromatic carbocycles. The van der Waals surface area contributed by atoms with Crippen molar-refractivity contribution in [1.82, 2.24) is 10.3 Å². The molecule has 3 heterocycles. The SMILES string of the molecule is CC(O)CCCCC=CCCCCCCCC(=O)NCCc1c[nH]c2ccc(O[C@H]3O[C@H](CO[C@H]4O[C@H](CO)[C@@H](O)[C@H](O)[C@H]4O)[C@@H](O)[C@H](O)[C@H]3O)cc12. The highest BCUT2D eigenvalue weighted by molar-refractivity contribution is 5.84. The van der Waals surface area contributed by atoms with Gasteiger partial charge in [0, 0.05) is 30.1 Å². The average molecular weight is 753 g/mol. The largest absolute Gasteiger partial charge is 0.462 e. The van der Waals surface area contributed by atoms with Crippen LogP contribution >= 0.6 is 0 Å². The van der Waals surface area contributed by atoms with Gasteiger partial charge in [0.05, 0.1) is 19.3 Å². The quantitative estimate of drug-likeness (QED) is 0.0599. The van der Waals surface area contributed by atoms with Gasteiger partial charge in [0.2, 0.25) is 12.2 Å². The number of fused-ring (bicyclic) bond motifs is 1. The first kappa shape index (κ1) is 43.1. The second-order valence-corrected chi connectivity index (χ2v) is 14.2. The predicted molar refractivity (Wildman–Crippen MR) is 194 cm³/mol. The molecule has 300 valence electrons. The molecule has 1 amide bonds. The third-order valence-electron chi connectivity index (χ3n) is 9.83. The van der Waals surface area contributed by atoms with Gasteiger partial charge in [-0.05, 0) is 75.6 Å². The molecule has 0 aliphatic carbocycles. The summed E-state index contributed by atoms with van der Waals surface area (Å²) in [6.07, 6.45) is 2.44. The van der Waals surface area contributed by atoms with E-state index < -0.39 is 74.6 Å². The second kappa shape index (κ2) is 22.0. The molecule has 1 aromatic heterocycles. The van der Waals surface area contributed by atoms with Gasteiger partial charge in [-0.25, -0.2) is 0 Å². The molecule has 0 radical (unpaired) electrons. The number of benzene rings is 1. The number of hydrogen-bond acceptors (Lipinski definition) is 13. The van der Waals surface area contributed by atoms with Crippen LogP contribution in [0.1, 0.15) is 83.1 Å². The number of aromatic amines is 1. The molecular weight excluding hydrogens is 692 g/mol. The Morgan fingerprint density at radius 1 is 0.849 bits per heavy atom. The molecule has 2 aromatic rings. The van der Waals surface area contributed by atoms with Gasteiger partial charge in [-0.2, -0.15) is 0 Å². The maximum absolute atomic E-state index is 12.4. The summed E-state index contributed by atoms with van der Waals surface area (Å²) in [4.78, 5) is 15.6. The van der Waals surface area contributed by atoms with Crippen LogP contribution in [0.25, 0.3) is 10.9 Å². The van der Waals surface area contributed by atoms with E-state index in [0.717, 1.165) is 80.7 Å². The van der Waals surface area contributed by atoms with Gasteiger partial charge in [-0.1, -0.05) is 37.8 Å². The number of aliphatic hydroxyl groups is 8. The summed E-state index contributed by atoms with van der Waals surface area (Å²) in [6.45, 7) is 1.16. The number of aliphatic hydroxyl groups excluding tert-OH is 8. The fourth-order valence-corrected chi connectivity index (χ4v) is 6.56. The number of carbonyl (C=O) groups is 1. The van der Waals surface area contributed by atoms with E-state index in [9.17, 15) is 45.6 Å². The number of carbonyl (C=O) groups excluding carboxylic acids is 1. The zero-order valence-corrected chi connectivity index (χ0v) is 30.5. The minimum atomic E-state index is -1.68. The maximum Gasteiger partial charge on any atom is 0.229 e. The topological polar surface area (TPSA) is 244 Å². The number of amides is 1. The molecule has 15 heteroatoms. The molecular formula is C38H60N2O13. The molecule has 2 fully saturated rings. The average Bonchev–Trinajstić information content (AvgIpc) is 3.54. The van der Waals surface area contributed by atoms with Crippen LogP contribution in [0.5, 0.6) is 5.75 Å². The second-order valence-electron chi connectivity index (χ2n) is 14.2. The number of H-pyrrole nitrogens is 1. The summed E-state index contributed by atoms with van der Waals surface area (Å²) in [5.74, 6) is 0.324. The first-order valence-corrected chi connectivity index (χ1v) is 19.0. The van der Waals surface area contributed by atoms with Crippen molar-refractivity contribution >= 4 is 16.8 Å². The van der Waals surface area contributed by atoms with E-state index in [4.69, 9.17) is 18.9 Å². The normalized spacial score (nSPS) is 29.8. The van der Waals surface area contributed by atoms with E-state index in [1.165, 1.54) is 0 Å². The summed E-state index contributed by atoms with van der Waals surface area (Å²) in [5.41, 5.74) is 1.76. The first-order valence-electron chi connectivity index (χ1n) is 19.0. The standard InChI is InChI=1S/C38H60N2O13/c1-23(42)13-11-9-7-5-3-2-4-6-8-10-12-14-30(43)39-18-17-24-20-40-27-16-15-25(19-26(24)27)51-38-36(49)34(47)32(45)29(53-38)22-50-37-35(48)33(46)31(44)28(21-41)52-37/h3,5,15-16,19-20,23,28-29,31-38,40-42,44-49H,2,4,6-14,17-18,21-22H2,1H3,(H,39,43)/t23?,28-,29-,31-,32-,33+,34+,35-,36-,37+,38+/m1/s1. The van der Waals surface area contributed by atoms with Crippen molar-refractivity contribution in [3.63, 3.8) is 0 Å². The minimum Gasteiger partial charge on any atom is -0.462 e. The predicted octanol–water partition coefficient (Wildman–Crippen LogP) is 1.06. The number of unbranched alkanes of at least 4 members (excludes halogenated alkanes) is 7. The Balaban J connectivity index is 1.17. The summed E-state index contributed by atoms with van der Waals surface area (Å²) in [5, 5.41) is 84.5. The lowest BCUT2D eigenvalue weighted by molar-refractivity contribution is -0.323. The van der Waals surface area contributed by atoms with Crippen LogP contribution in [0.4, 0.5) is 0 Å². The number of rotatable bonds is 22. The molecule has 2 aliphatic heterocycles. The molecule has 10 N–H and O–H groups in total. The monoisotopic (exact) mass is 752 g/mol. The van der Waals surface area contributed by atoms with Crippen molar-refractivity contribution in [1.29, 1.82) is 0 Å². The van der Waals surface area contributed by atoms with Crippen LogP contribution in [-0.4, -0.2) is 139 Å². The molecule has 0 bridgehead atoms. The van der Waals surface area contributed by atoms with Crippen molar-refractivity contribution in [3.8, 4) is 5.75 Å². The highest BCUT2D eigenvalue weighted by Gasteiger charge is 2.48. The molecule has 11 atom stereocenters. The van der Waals surface area contributed by atoms with Crippen molar-refractivity contribution in [2.24, 2.45) is 0 Å². The van der Waals surface area contributed by atoms with Gasteiger partial charge < -0.3 is 70.1 Å². The lowest BCUT2D eigenvalue weighted by atomic mass is 9.98. The van der Waals surface area contributed by atoms with Crippen molar-refractivity contribution in [3.05, 3.63) is 42.1 Å². The molecule has 2 saturated heterocycles. The lowest BCUT2D eigenvalue weighted by Crippen LogP contribution is -2.62. The van der Waals surface area contributed by atoms with Crippen LogP contribution < -0.4 is 10.1 Å². The van der Waals surface area contributed by atoms with Gasteiger partial charge in [0.15, 0.2) is 6.29 Å². The molecule has 53 heavy (non-hydrogen) atoms. The fraction of sp³-hybridized carbons (Fsp3) is 0.711. The van der Waals surface area contributed by atoms with E-state index in [1.807, 2.05) is 13.1 Å². The maximum atomic E-state index is 12.4. The number of nitrogens with one attached hydrogen (secondary N) is 2. The zero-order valence-electron chi connectivity index (χ0n) is 30.5. The van der Waals surface area contributed by atoms with Crippen LogP contribution in [0.15, 0.2) is 36.5 Å². The molecule has 0 saturated carbocycles. The Morgan fingerprint density at radius 2 is 1.49 bits per heavy atom. The van der Waals surface area contributed by atoms with Gasteiger partial charge in [-0.3, -0.25) is 4.79 Å². The third-order valence-corrected chi connectivity index (χ3v) is 9.83. The van der Waals surface area contributed by atoms with Crippen molar-refractivity contribution in [2.75, 3.05) is 19.8 Å². The van der Waals surface area contributed by atoms with E-state index in [2.05, 4.69) is 22.5 Å². The zero-order chi connectivity index (χ0) is 38.3. The van der Waals surface area contributed by atoms with Gasteiger partial charge in [0.25, 0.3) is 0 Å². The number of ether oxygens (including phenoxy) is 4. The Morgan fingerprint density at radius 3 is 2.21 bits per heavy atom. The summed E-state index contributed by atoms with van der Waals surface area (Å²) >= 11 is 0. The van der Waals surface area contributed by atoms with E-state index in [0.29, 0.717) is 25.1 Å². The summed E-state index contributed by atoms with van der Waals surface area (Å²) in [6, 6.07) is 5.17. The molecule has 4 rings (SSSR count). The van der Waals surface area contributed by atoms with Crippen molar-refractivity contribution in [2.45, 2.75) is 151 Å². The van der Waals surface area contributed by atoms with E-state index >= 15 is 0 Å². The van der Waals surface area contributed by atoms with E-state index in [-0.39, 0.29) is 12.0 Å². The Kier molecular flexibility index (Phi) is 17.9. The Labute approximate surface area is 310 Å². The first-order chi connectivity index (χ1) is 25.5.